The van der Waals surface area contributed by atoms with Crippen LogP contribution in [0.5, 0.6) is 0 Å². The summed E-state index contributed by atoms with van der Waals surface area (Å²) in [6.07, 6.45) is 12.2. The number of benzene rings is 1. The van der Waals surface area contributed by atoms with Crippen LogP contribution in [0.15, 0.2) is 24.3 Å². The zero-order chi connectivity index (χ0) is 12.5. The molecule has 0 amide bonds. The summed E-state index contributed by atoms with van der Waals surface area (Å²) in [7, 11) is 0. The Kier molecular flexibility index (Phi) is 5.89. The lowest BCUT2D eigenvalue weighted by Crippen LogP contribution is -2.19. The number of aryl methyl sites for hydroxylation is 1. The maximum absolute atomic E-state index is 5.21. The molecule has 2 nitrogen and oxygen atoms in total. The van der Waals surface area contributed by atoms with E-state index in [4.69, 9.17) is 12.2 Å². The van der Waals surface area contributed by atoms with Crippen molar-refractivity contribution < 1.29 is 0 Å². The van der Waals surface area contributed by atoms with Crippen LogP contribution in [0.1, 0.15) is 23.6 Å². The maximum atomic E-state index is 5.21. The molecule has 0 unspecified atom stereocenters. The Labute approximate surface area is 104 Å². The SMILES string of the molecule is C#CCN.C#CCN[C@@H]1CCc2ccccc21. The lowest BCUT2D eigenvalue weighted by molar-refractivity contribution is 0.568. The van der Waals surface area contributed by atoms with E-state index in [0.29, 0.717) is 19.1 Å². The van der Waals surface area contributed by atoms with Gasteiger partial charge in [0, 0.05) is 6.04 Å². The molecule has 0 fully saturated rings. The number of nitrogens with one attached hydrogen (secondary N) is 1. The van der Waals surface area contributed by atoms with Gasteiger partial charge in [-0.2, -0.15) is 0 Å². The minimum atomic E-state index is 0.347. The molecule has 1 aliphatic rings. The minimum absolute atomic E-state index is 0.347. The van der Waals surface area contributed by atoms with Gasteiger partial charge in [0.1, 0.15) is 0 Å². The molecule has 1 aliphatic carbocycles. The Morgan fingerprint density at radius 2 is 2.00 bits per heavy atom. The van der Waals surface area contributed by atoms with Gasteiger partial charge in [-0.05, 0) is 24.0 Å². The van der Waals surface area contributed by atoms with E-state index in [0.717, 1.165) is 0 Å². The van der Waals surface area contributed by atoms with E-state index in [2.05, 4.69) is 47.8 Å². The van der Waals surface area contributed by atoms with Crippen LogP contribution in [0.3, 0.4) is 0 Å². The molecule has 2 rings (SSSR count). The molecule has 88 valence electrons. The summed E-state index contributed by atoms with van der Waals surface area (Å²) in [6.45, 7) is 1.01. The van der Waals surface area contributed by atoms with Crippen LogP contribution in [0.2, 0.25) is 0 Å². The topological polar surface area (TPSA) is 38.0 Å². The second-order valence-electron chi connectivity index (χ2n) is 3.78. The zero-order valence-electron chi connectivity index (χ0n) is 9.95. The smallest absolute Gasteiger partial charge is 0.0578 e. The Hall–Kier alpha value is -1.74. The van der Waals surface area contributed by atoms with E-state index in [1.54, 1.807) is 0 Å². The zero-order valence-corrected chi connectivity index (χ0v) is 9.95. The number of nitrogens with two attached hydrogens (primary N) is 1. The van der Waals surface area contributed by atoms with Crippen molar-refractivity contribution in [2.24, 2.45) is 5.73 Å². The minimum Gasteiger partial charge on any atom is -0.320 e. The van der Waals surface area contributed by atoms with Crippen molar-refractivity contribution in [1.82, 2.24) is 5.32 Å². The predicted molar refractivity (Wildman–Crippen MR) is 72.2 cm³/mol. The second-order valence-corrected chi connectivity index (χ2v) is 3.78. The van der Waals surface area contributed by atoms with Gasteiger partial charge < -0.3 is 5.73 Å². The van der Waals surface area contributed by atoms with Gasteiger partial charge in [0.2, 0.25) is 0 Å². The molecule has 0 bridgehead atoms. The fraction of sp³-hybridized carbons (Fsp3) is 0.333. The molecule has 1 aromatic rings. The van der Waals surface area contributed by atoms with E-state index in [1.165, 1.54) is 24.0 Å². The van der Waals surface area contributed by atoms with Gasteiger partial charge in [0.15, 0.2) is 0 Å². The first-order chi connectivity index (χ1) is 8.33. The van der Waals surface area contributed by atoms with Crippen LogP contribution in [-0.2, 0) is 6.42 Å². The van der Waals surface area contributed by atoms with Crippen molar-refractivity contribution >= 4 is 0 Å². The van der Waals surface area contributed by atoms with Crippen molar-refractivity contribution in [3.63, 3.8) is 0 Å². The highest BCUT2D eigenvalue weighted by Crippen LogP contribution is 2.30. The average molecular weight is 226 g/mol. The summed E-state index contributed by atoms with van der Waals surface area (Å²) in [6, 6.07) is 9.06. The number of hydrogen-bond acceptors (Lipinski definition) is 2. The molecule has 2 heteroatoms. The molecule has 1 aromatic carbocycles. The number of terminal acetylenes is 2. The van der Waals surface area contributed by atoms with Crippen LogP contribution in [0, 0.1) is 24.7 Å². The van der Waals surface area contributed by atoms with Crippen LogP contribution >= 0.6 is 0 Å². The molecule has 3 N–H and O–H groups in total. The van der Waals surface area contributed by atoms with Crippen molar-refractivity contribution in [3.8, 4) is 24.7 Å². The van der Waals surface area contributed by atoms with Crippen molar-refractivity contribution in [2.45, 2.75) is 18.9 Å². The summed E-state index contributed by atoms with van der Waals surface area (Å²) in [5, 5.41) is 3.35. The first-order valence-electron chi connectivity index (χ1n) is 5.71. The third kappa shape index (κ3) is 3.96. The van der Waals surface area contributed by atoms with Gasteiger partial charge in [-0.3, -0.25) is 5.32 Å². The van der Waals surface area contributed by atoms with Crippen LogP contribution in [-0.4, -0.2) is 13.1 Å². The molecular weight excluding hydrogens is 208 g/mol. The van der Waals surface area contributed by atoms with Crippen LogP contribution < -0.4 is 11.1 Å². The van der Waals surface area contributed by atoms with Gasteiger partial charge in [0.05, 0.1) is 13.1 Å². The summed E-state index contributed by atoms with van der Waals surface area (Å²) >= 11 is 0. The lowest BCUT2D eigenvalue weighted by atomic mass is 10.1. The largest absolute Gasteiger partial charge is 0.320 e. The molecule has 0 saturated carbocycles. The van der Waals surface area contributed by atoms with E-state index in [-0.39, 0.29) is 0 Å². The molecule has 0 radical (unpaired) electrons. The van der Waals surface area contributed by atoms with Crippen LogP contribution in [0.25, 0.3) is 0 Å². The quantitative estimate of drug-likeness (QED) is 0.750. The van der Waals surface area contributed by atoms with Gasteiger partial charge in [-0.15, -0.1) is 12.8 Å². The van der Waals surface area contributed by atoms with E-state index in [9.17, 15) is 0 Å². The fourth-order valence-corrected chi connectivity index (χ4v) is 1.95. The van der Waals surface area contributed by atoms with E-state index < -0.39 is 0 Å². The monoisotopic (exact) mass is 226 g/mol. The molecule has 1 atom stereocenters. The van der Waals surface area contributed by atoms with Crippen molar-refractivity contribution in [3.05, 3.63) is 35.4 Å². The highest BCUT2D eigenvalue weighted by Gasteiger charge is 2.20. The Morgan fingerprint density at radius 1 is 1.29 bits per heavy atom. The third-order valence-corrected chi connectivity index (χ3v) is 2.70. The summed E-state index contributed by atoms with van der Waals surface area (Å²) in [5.74, 6) is 4.82. The second kappa shape index (κ2) is 7.52. The third-order valence-electron chi connectivity index (χ3n) is 2.70. The molecule has 0 aliphatic heterocycles. The summed E-state index contributed by atoms with van der Waals surface area (Å²) < 4.78 is 0. The van der Waals surface area contributed by atoms with E-state index in [1.807, 2.05) is 0 Å². The predicted octanol–water partition coefficient (Wildman–Crippen LogP) is 1.47. The maximum Gasteiger partial charge on any atom is 0.0578 e. The molecular formula is C15H18N2. The normalized spacial score (nSPS) is 16.1. The van der Waals surface area contributed by atoms with Gasteiger partial charge in [0.25, 0.3) is 0 Å². The van der Waals surface area contributed by atoms with Crippen LogP contribution in [0.4, 0.5) is 0 Å². The average Bonchev–Trinajstić information content (AvgIpc) is 2.80. The molecule has 0 spiro atoms. The fourth-order valence-electron chi connectivity index (χ4n) is 1.95. The molecule has 0 saturated heterocycles. The van der Waals surface area contributed by atoms with Crippen molar-refractivity contribution in [2.75, 3.05) is 13.1 Å². The highest BCUT2D eigenvalue weighted by molar-refractivity contribution is 5.34. The molecule has 0 heterocycles. The number of fused-ring (bicyclic) bond motifs is 1. The van der Waals surface area contributed by atoms with Gasteiger partial charge in [-0.1, -0.05) is 36.1 Å². The highest BCUT2D eigenvalue weighted by atomic mass is 14.9. The number of rotatable bonds is 2. The Bertz CT molecular complexity index is 423. The lowest BCUT2D eigenvalue weighted by Gasteiger charge is -2.10. The first-order valence-corrected chi connectivity index (χ1v) is 5.71. The van der Waals surface area contributed by atoms with Gasteiger partial charge in [-0.25, -0.2) is 0 Å². The van der Waals surface area contributed by atoms with Gasteiger partial charge >= 0.3 is 0 Å². The standard InChI is InChI=1S/C12H13N.C3H5N/c1-2-9-13-12-8-7-10-5-3-4-6-11(10)12;1-2-3-4/h1,3-6,12-13H,7-9H2;1H,3-4H2/t12-;/m1./s1. The summed E-state index contributed by atoms with van der Waals surface area (Å²) in [4.78, 5) is 0. The molecule has 0 aromatic heterocycles. The van der Waals surface area contributed by atoms with E-state index >= 15 is 0 Å². The first kappa shape index (κ1) is 13.3. The number of hydrogen-bond donors (Lipinski definition) is 2. The summed E-state index contributed by atoms with van der Waals surface area (Å²) in [5.41, 5.74) is 7.69. The molecule has 17 heavy (non-hydrogen) atoms. The van der Waals surface area contributed by atoms with Crippen molar-refractivity contribution in [1.29, 1.82) is 0 Å². The Morgan fingerprint density at radius 3 is 2.65 bits per heavy atom. The Balaban J connectivity index is 0.000000317.